The fourth-order valence-electron chi connectivity index (χ4n) is 9.85. The maximum Gasteiger partial charge on any atom is 0.128 e. The predicted molar refractivity (Wildman–Crippen MR) is 143 cm³/mol. The second-order valence-electron chi connectivity index (χ2n) is 13.3. The van der Waals surface area contributed by atoms with E-state index in [9.17, 15) is 5.11 Å². The number of anilines is 1. The highest BCUT2D eigenvalue weighted by molar-refractivity contribution is 5.38. The van der Waals surface area contributed by atoms with Gasteiger partial charge in [0.25, 0.3) is 0 Å². The second kappa shape index (κ2) is 9.17. The van der Waals surface area contributed by atoms with Crippen LogP contribution in [0.4, 0.5) is 5.82 Å². The number of rotatable bonds is 4. The van der Waals surface area contributed by atoms with E-state index in [1.807, 2.05) is 12.3 Å². The number of piperazine rings is 1. The molecule has 4 aliphatic carbocycles. The van der Waals surface area contributed by atoms with E-state index in [0.29, 0.717) is 10.8 Å². The first-order chi connectivity index (χ1) is 16.9. The molecule has 0 unspecified atom stereocenters. The van der Waals surface area contributed by atoms with Gasteiger partial charge in [-0.25, -0.2) is 4.98 Å². The van der Waals surface area contributed by atoms with Gasteiger partial charge < -0.3 is 10.0 Å². The van der Waals surface area contributed by atoms with Crippen LogP contribution in [0.3, 0.4) is 0 Å². The Hall–Kier alpha value is -1.39. The molecule has 35 heavy (non-hydrogen) atoms. The highest BCUT2D eigenvalue weighted by Crippen LogP contribution is 2.67. The number of pyridine rings is 1. The Kier molecular flexibility index (Phi) is 6.28. The van der Waals surface area contributed by atoms with E-state index in [-0.39, 0.29) is 6.10 Å². The van der Waals surface area contributed by atoms with Crippen LogP contribution in [-0.4, -0.2) is 53.8 Å². The summed E-state index contributed by atoms with van der Waals surface area (Å²) in [6.07, 6.45) is 14.6. The maximum absolute atomic E-state index is 10.3. The van der Waals surface area contributed by atoms with Crippen molar-refractivity contribution in [2.75, 3.05) is 37.6 Å². The van der Waals surface area contributed by atoms with Crippen molar-refractivity contribution in [1.82, 2.24) is 9.88 Å². The Morgan fingerprint density at radius 1 is 1.03 bits per heavy atom. The van der Waals surface area contributed by atoms with E-state index < -0.39 is 0 Å². The molecule has 1 aromatic heterocycles. The summed E-state index contributed by atoms with van der Waals surface area (Å²) in [7, 11) is 0. The van der Waals surface area contributed by atoms with Crippen LogP contribution in [0.1, 0.15) is 72.1 Å². The minimum Gasteiger partial charge on any atom is -0.393 e. The summed E-state index contributed by atoms with van der Waals surface area (Å²) >= 11 is 0. The molecule has 5 aliphatic rings. The van der Waals surface area contributed by atoms with Gasteiger partial charge in [0.15, 0.2) is 0 Å². The largest absolute Gasteiger partial charge is 0.393 e. The molecular formula is C31H47N3O. The molecular weight excluding hydrogens is 430 g/mol. The normalized spacial score (nSPS) is 42.6. The van der Waals surface area contributed by atoms with Gasteiger partial charge in [0.2, 0.25) is 0 Å². The molecule has 3 saturated carbocycles. The number of allylic oxidation sites excluding steroid dienone is 1. The lowest BCUT2D eigenvalue weighted by Crippen LogP contribution is -2.52. The Balaban J connectivity index is 1.10. The smallest absolute Gasteiger partial charge is 0.128 e. The third-order valence-corrected chi connectivity index (χ3v) is 11.7. The van der Waals surface area contributed by atoms with E-state index in [4.69, 9.17) is 0 Å². The SMILES string of the molecule is C[C@H](CN1CCN(c2ccccn2)CC1)[C@H]1CC[C@H]2[C@@H]3CC=C4C[C@@H](O)CC[C@]4(C)[C@H]3CC[C@]12C. The monoisotopic (exact) mass is 477 g/mol. The summed E-state index contributed by atoms with van der Waals surface area (Å²) in [4.78, 5) is 9.75. The average Bonchev–Trinajstić information content (AvgIpc) is 3.23. The van der Waals surface area contributed by atoms with Gasteiger partial charge in [0.05, 0.1) is 6.10 Å². The number of hydrogen-bond donors (Lipinski definition) is 1. The van der Waals surface area contributed by atoms with Gasteiger partial charge in [-0.2, -0.15) is 0 Å². The minimum absolute atomic E-state index is 0.0951. The van der Waals surface area contributed by atoms with E-state index in [0.717, 1.165) is 74.4 Å². The van der Waals surface area contributed by atoms with E-state index in [2.05, 4.69) is 53.8 Å². The standard InChI is InChI=1S/C31H47N3O/c1-22(21-33-16-18-34(19-17-33)29-6-4-5-15-32-29)26-9-10-27-25-8-7-23-20-24(35)11-13-30(23,2)28(25)12-14-31(26,27)3/h4-7,15,22,24-28,35H,8-14,16-21H2,1-3H3/t22-,24+,25+,26-,27+,28+,30+,31-/m1/s1. The zero-order valence-corrected chi connectivity index (χ0v) is 22.3. The lowest BCUT2D eigenvalue weighted by atomic mass is 9.47. The number of nitrogens with zero attached hydrogens (tertiary/aromatic N) is 3. The van der Waals surface area contributed by atoms with Crippen LogP contribution in [-0.2, 0) is 0 Å². The topological polar surface area (TPSA) is 39.6 Å². The van der Waals surface area contributed by atoms with Gasteiger partial charge in [0.1, 0.15) is 5.82 Å². The van der Waals surface area contributed by atoms with Crippen LogP contribution in [0.15, 0.2) is 36.0 Å². The molecule has 1 aromatic rings. The average molecular weight is 478 g/mol. The predicted octanol–water partition coefficient (Wildman–Crippen LogP) is 5.78. The van der Waals surface area contributed by atoms with Crippen molar-refractivity contribution in [3.63, 3.8) is 0 Å². The van der Waals surface area contributed by atoms with Gasteiger partial charge >= 0.3 is 0 Å². The highest BCUT2D eigenvalue weighted by Gasteiger charge is 2.59. The van der Waals surface area contributed by atoms with Crippen LogP contribution < -0.4 is 4.90 Å². The minimum atomic E-state index is -0.0951. The number of fused-ring (bicyclic) bond motifs is 5. The molecule has 1 aliphatic heterocycles. The van der Waals surface area contributed by atoms with E-state index >= 15 is 0 Å². The van der Waals surface area contributed by atoms with Gasteiger partial charge in [-0.15, -0.1) is 0 Å². The molecule has 2 heterocycles. The van der Waals surface area contributed by atoms with E-state index in [1.165, 1.54) is 45.1 Å². The van der Waals surface area contributed by atoms with Crippen molar-refractivity contribution in [2.45, 2.75) is 78.2 Å². The van der Waals surface area contributed by atoms with Crippen molar-refractivity contribution in [3.8, 4) is 0 Å². The molecule has 8 atom stereocenters. The summed E-state index contributed by atoms with van der Waals surface area (Å²) in [6.45, 7) is 13.6. The number of aromatic nitrogens is 1. The third-order valence-electron chi connectivity index (χ3n) is 11.7. The van der Waals surface area contributed by atoms with Crippen molar-refractivity contribution in [3.05, 3.63) is 36.0 Å². The van der Waals surface area contributed by atoms with Crippen LogP contribution in [0.25, 0.3) is 0 Å². The fourth-order valence-corrected chi connectivity index (χ4v) is 9.85. The third kappa shape index (κ3) is 4.07. The molecule has 0 bridgehead atoms. The summed E-state index contributed by atoms with van der Waals surface area (Å²) in [5.41, 5.74) is 2.49. The van der Waals surface area contributed by atoms with E-state index in [1.54, 1.807) is 5.57 Å². The molecule has 1 N–H and O–H groups in total. The van der Waals surface area contributed by atoms with Crippen LogP contribution >= 0.6 is 0 Å². The number of aliphatic hydroxyl groups excluding tert-OH is 1. The first kappa shape index (κ1) is 24.0. The number of aliphatic hydroxyl groups is 1. The Morgan fingerprint density at radius 3 is 2.63 bits per heavy atom. The Labute approximate surface area is 213 Å². The summed E-state index contributed by atoms with van der Waals surface area (Å²) in [5, 5.41) is 10.3. The van der Waals surface area contributed by atoms with Gasteiger partial charge in [0, 0.05) is 38.9 Å². The summed E-state index contributed by atoms with van der Waals surface area (Å²) in [6, 6.07) is 6.25. The quantitative estimate of drug-likeness (QED) is 0.558. The highest BCUT2D eigenvalue weighted by atomic mass is 16.3. The summed E-state index contributed by atoms with van der Waals surface area (Å²) in [5.74, 6) is 5.40. The molecule has 0 spiro atoms. The first-order valence-electron chi connectivity index (χ1n) is 14.6. The second-order valence-corrected chi connectivity index (χ2v) is 13.3. The molecule has 1 saturated heterocycles. The van der Waals surface area contributed by atoms with Crippen LogP contribution in [0.5, 0.6) is 0 Å². The molecule has 4 heteroatoms. The molecule has 0 amide bonds. The Morgan fingerprint density at radius 2 is 1.86 bits per heavy atom. The maximum atomic E-state index is 10.3. The molecule has 6 rings (SSSR count). The lowest BCUT2D eigenvalue weighted by Gasteiger charge is -2.58. The van der Waals surface area contributed by atoms with Crippen molar-refractivity contribution < 1.29 is 5.11 Å². The molecule has 4 fully saturated rings. The van der Waals surface area contributed by atoms with Crippen molar-refractivity contribution in [1.29, 1.82) is 0 Å². The zero-order chi connectivity index (χ0) is 24.2. The van der Waals surface area contributed by atoms with Gasteiger partial charge in [-0.1, -0.05) is 38.5 Å². The van der Waals surface area contributed by atoms with Crippen molar-refractivity contribution >= 4 is 5.82 Å². The van der Waals surface area contributed by atoms with Crippen LogP contribution in [0.2, 0.25) is 0 Å². The molecule has 4 nitrogen and oxygen atoms in total. The van der Waals surface area contributed by atoms with Gasteiger partial charge in [-0.3, -0.25) is 4.90 Å². The lowest BCUT2D eigenvalue weighted by molar-refractivity contribution is -0.0585. The van der Waals surface area contributed by atoms with Crippen molar-refractivity contribution in [2.24, 2.45) is 40.4 Å². The molecule has 192 valence electrons. The number of hydrogen-bond acceptors (Lipinski definition) is 4. The summed E-state index contributed by atoms with van der Waals surface area (Å²) < 4.78 is 0. The molecule has 0 radical (unpaired) electrons. The zero-order valence-electron chi connectivity index (χ0n) is 22.3. The van der Waals surface area contributed by atoms with Crippen LogP contribution in [0, 0.1) is 40.4 Å². The fraction of sp³-hybridized carbons (Fsp3) is 0.774. The Bertz CT molecular complexity index is 924. The first-order valence-corrected chi connectivity index (χ1v) is 14.6. The van der Waals surface area contributed by atoms with Gasteiger partial charge in [-0.05, 0) is 104 Å². The molecule has 0 aromatic carbocycles.